The summed E-state index contributed by atoms with van der Waals surface area (Å²) < 4.78 is 0.601. The van der Waals surface area contributed by atoms with E-state index in [9.17, 15) is 4.79 Å². The van der Waals surface area contributed by atoms with Crippen molar-refractivity contribution in [3.8, 4) is 0 Å². The van der Waals surface area contributed by atoms with Gasteiger partial charge >= 0.3 is 0 Å². The molecule has 18 heavy (non-hydrogen) atoms. The van der Waals surface area contributed by atoms with Gasteiger partial charge in [-0.15, -0.1) is 0 Å². The van der Waals surface area contributed by atoms with E-state index < -0.39 is 0 Å². The summed E-state index contributed by atoms with van der Waals surface area (Å²) in [6.07, 6.45) is 0. The first-order chi connectivity index (χ1) is 8.51. The Balaban J connectivity index is 3.07. The fourth-order valence-corrected chi connectivity index (χ4v) is 2.47. The van der Waals surface area contributed by atoms with Gasteiger partial charge in [-0.1, -0.05) is 23.2 Å². The molecule has 0 aliphatic carbocycles. The zero-order valence-electron chi connectivity index (χ0n) is 9.37. The van der Waals surface area contributed by atoms with Gasteiger partial charge in [0.15, 0.2) is 0 Å². The van der Waals surface area contributed by atoms with E-state index in [1.165, 1.54) is 11.0 Å². The summed E-state index contributed by atoms with van der Waals surface area (Å²) in [4.78, 5) is 13.6. The lowest BCUT2D eigenvalue weighted by molar-refractivity contribution is 0.0684. The fourth-order valence-electron chi connectivity index (χ4n) is 1.44. The van der Waals surface area contributed by atoms with Crippen LogP contribution in [0, 0.1) is 3.57 Å². The predicted molar refractivity (Wildman–Crippen MR) is 79.3 cm³/mol. The van der Waals surface area contributed by atoms with Crippen molar-refractivity contribution in [2.24, 2.45) is 0 Å². The lowest BCUT2D eigenvalue weighted by Gasteiger charge is -2.21. The second kappa shape index (κ2) is 7.49. The molecule has 0 aliphatic heterocycles. The standard InChI is InChI=1S/C11H12Cl2INO3/c12-7-5-8(10(14)9(13)6-7)11(18)15(1-3-16)2-4-17/h5-6,16-17H,1-4H2. The molecule has 7 heteroatoms. The van der Waals surface area contributed by atoms with E-state index in [1.807, 2.05) is 22.6 Å². The molecule has 0 fully saturated rings. The van der Waals surface area contributed by atoms with Gasteiger partial charge in [-0.3, -0.25) is 4.79 Å². The number of nitrogens with zero attached hydrogens (tertiary/aromatic N) is 1. The van der Waals surface area contributed by atoms with Gasteiger partial charge in [0.2, 0.25) is 0 Å². The van der Waals surface area contributed by atoms with Crippen molar-refractivity contribution in [2.45, 2.75) is 0 Å². The van der Waals surface area contributed by atoms with Crippen molar-refractivity contribution in [2.75, 3.05) is 26.3 Å². The topological polar surface area (TPSA) is 60.8 Å². The van der Waals surface area contributed by atoms with E-state index in [0.29, 0.717) is 19.2 Å². The molecule has 0 unspecified atom stereocenters. The highest BCUT2D eigenvalue weighted by Crippen LogP contribution is 2.27. The molecule has 0 atom stereocenters. The van der Waals surface area contributed by atoms with Crippen LogP contribution < -0.4 is 0 Å². The van der Waals surface area contributed by atoms with Crippen LogP contribution in [0.2, 0.25) is 10.0 Å². The minimum absolute atomic E-state index is 0.152. The Morgan fingerprint density at radius 1 is 1.22 bits per heavy atom. The minimum atomic E-state index is -0.313. The minimum Gasteiger partial charge on any atom is -0.395 e. The molecule has 0 saturated heterocycles. The first-order valence-corrected chi connectivity index (χ1v) is 7.00. The molecule has 0 aliphatic rings. The van der Waals surface area contributed by atoms with Crippen LogP contribution in [-0.2, 0) is 0 Å². The maximum atomic E-state index is 12.2. The second-order valence-electron chi connectivity index (χ2n) is 3.49. The van der Waals surface area contributed by atoms with Gasteiger partial charge < -0.3 is 15.1 Å². The summed E-state index contributed by atoms with van der Waals surface area (Å²) in [5.41, 5.74) is 0.370. The molecule has 4 nitrogen and oxygen atoms in total. The van der Waals surface area contributed by atoms with Crippen molar-refractivity contribution in [3.63, 3.8) is 0 Å². The number of rotatable bonds is 5. The van der Waals surface area contributed by atoms with E-state index >= 15 is 0 Å². The van der Waals surface area contributed by atoms with Gasteiger partial charge in [0.1, 0.15) is 0 Å². The molecule has 2 N–H and O–H groups in total. The molecule has 0 saturated carbocycles. The number of benzene rings is 1. The molecule has 100 valence electrons. The zero-order chi connectivity index (χ0) is 13.7. The molecule has 1 amide bonds. The van der Waals surface area contributed by atoms with Crippen molar-refractivity contribution in [1.29, 1.82) is 0 Å². The van der Waals surface area contributed by atoms with Crippen LogP contribution in [0.25, 0.3) is 0 Å². The molecule has 1 rings (SSSR count). The normalized spacial score (nSPS) is 10.5. The monoisotopic (exact) mass is 403 g/mol. The summed E-state index contributed by atoms with van der Waals surface area (Å²) in [6.45, 7) is -0.0353. The quantitative estimate of drug-likeness (QED) is 0.584. The molecule has 0 spiro atoms. The van der Waals surface area contributed by atoms with Gasteiger partial charge in [-0.2, -0.15) is 0 Å². The van der Waals surface area contributed by atoms with Crippen LogP contribution in [0.5, 0.6) is 0 Å². The summed E-state index contributed by atoms with van der Waals surface area (Å²) in [6, 6.07) is 3.09. The predicted octanol–water partition coefficient (Wildman–Crippen LogP) is 2.02. The first-order valence-electron chi connectivity index (χ1n) is 5.16. The van der Waals surface area contributed by atoms with Crippen molar-refractivity contribution >= 4 is 51.7 Å². The van der Waals surface area contributed by atoms with E-state index in [4.69, 9.17) is 33.4 Å². The van der Waals surface area contributed by atoms with Crippen molar-refractivity contribution in [1.82, 2.24) is 4.90 Å². The molecule has 0 radical (unpaired) electrons. The van der Waals surface area contributed by atoms with Gasteiger partial charge in [-0.05, 0) is 34.7 Å². The number of aliphatic hydroxyl groups excluding tert-OH is 2. The van der Waals surface area contributed by atoms with Crippen LogP contribution in [-0.4, -0.2) is 47.3 Å². The average Bonchev–Trinajstić information content (AvgIpc) is 2.32. The number of carbonyl (C=O) groups is 1. The van der Waals surface area contributed by atoms with Crippen LogP contribution in [0.15, 0.2) is 12.1 Å². The highest BCUT2D eigenvalue weighted by Gasteiger charge is 2.19. The summed E-state index contributed by atoms with van der Waals surface area (Å²) in [5, 5.41) is 18.6. The number of hydrogen-bond donors (Lipinski definition) is 2. The molecular formula is C11H12Cl2INO3. The van der Waals surface area contributed by atoms with Crippen molar-refractivity contribution in [3.05, 3.63) is 31.3 Å². The Hall–Kier alpha value is -0.0800. The maximum absolute atomic E-state index is 12.2. The molecule has 0 heterocycles. The Kier molecular flexibility index (Phi) is 6.65. The van der Waals surface area contributed by atoms with Gasteiger partial charge in [0.25, 0.3) is 5.91 Å². The Labute approximate surface area is 129 Å². The number of amides is 1. The Morgan fingerprint density at radius 2 is 1.78 bits per heavy atom. The largest absolute Gasteiger partial charge is 0.395 e. The summed E-state index contributed by atoms with van der Waals surface area (Å²) in [7, 11) is 0. The lowest BCUT2D eigenvalue weighted by atomic mass is 10.2. The zero-order valence-corrected chi connectivity index (χ0v) is 13.0. The number of hydrogen-bond acceptors (Lipinski definition) is 3. The summed E-state index contributed by atoms with van der Waals surface area (Å²) in [5.74, 6) is -0.313. The average molecular weight is 404 g/mol. The Bertz CT molecular complexity index is 437. The van der Waals surface area contributed by atoms with Gasteiger partial charge in [0, 0.05) is 21.7 Å². The van der Waals surface area contributed by atoms with Gasteiger partial charge in [-0.25, -0.2) is 0 Å². The molecule has 1 aromatic rings. The number of carbonyl (C=O) groups excluding carboxylic acids is 1. The van der Waals surface area contributed by atoms with E-state index in [1.54, 1.807) is 6.07 Å². The third kappa shape index (κ3) is 3.96. The second-order valence-corrected chi connectivity index (χ2v) is 5.41. The maximum Gasteiger partial charge on any atom is 0.255 e. The fraction of sp³-hybridized carbons (Fsp3) is 0.364. The van der Waals surface area contributed by atoms with E-state index in [2.05, 4.69) is 0 Å². The van der Waals surface area contributed by atoms with Gasteiger partial charge in [0.05, 0.1) is 23.8 Å². The third-order valence-corrected chi connectivity index (χ3v) is 4.25. The van der Waals surface area contributed by atoms with Crippen LogP contribution in [0.1, 0.15) is 10.4 Å². The highest BCUT2D eigenvalue weighted by molar-refractivity contribution is 14.1. The van der Waals surface area contributed by atoms with Crippen LogP contribution >= 0.6 is 45.8 Å². The molecular weight excluding hydrogens is 392 g/mol. The Morgan fingerprint density at radius 3 is 2.28 bits per heavy atom. The number of aliphatic hydroxyl groups is 2. The highest BCUT2D eigenvalue weighted by atomic mass is 127. The lowest BCUT2D eigenvalue weighted by Crippen LogP contribution is -2.36. The molecule has 0 aromatic heterocycles. The SMILES string of the molecule is O=C(c1cc(Cl)cc(Cl)c1I)N(CCO)CCO. The third-order valence-electron chi connectivity index (χ3n) is 2.25. The summed E-state index contributed by atoms with van der Waals surface area (Å²) >= 11 is 13.8. The number of halogens is 3. The molecule has 1 aromatic carbocycles. The smallest absolute Gasteiger partial charge is 0.255 e. The van der Waals surface area contributed by atoms with E-state index in [-0.39, 0.29) is 32.2 Å². The van der Waals surface area contributed by atoms with Crippen molar-refractivity contribution < 1.29 is 15.0 Å². The molecule has 0 bridgehead atoms. The van der Waals surface area contributed by atoms with E-state index in [0.717, 1.165) is 0 Å². The van der Waals surface area contributed by atoms with Crippen LogP contribution in [0.3, 0.4) is 0 Å². The first kappa shape index (κ1) is 16.0. The van der Waals surface area contributed by atoms with Crippen LogP contribution in [0.4, 0.5) is 0 Å².